The fourth-order valence-corrected chi connectivity index (χ4v) is 3.69. The van der Waals surface area contributed by atoms with E-state index in [1.807, 2.05) is 26.1 Å². The minimum atomic E-state index is -0.395. The summed E-state index contributed by atoms with van der Waals surface area (Å²) in [5.74, 6) is 0.732. The van der Waals surface area contributed by atoms with E-state index in [2.05, 4.69) is 15.5 Å². The lowest BCUT2D eigenvalue weighted by Crippen LogP contribution is -2.33. The van der Waals surface area contributed by atoms with Gasteiger partial charge >= 0.3 is 0 Å². The molecule has 1 heterocycles. The smallest absolute Gasteiger partial charge is 0.233 e. The lowest BCUT2D eigenvalue weighted by molar-refractivity contribution is -0.120. The number of carbonyl (C=O) groups is 1. The van der Waals surface area contributed by atoms with Crippen molar-refractivity contribution >= 4 is 29.3 Å². The molecular formula is C21H22ClFN4O2S. The highest BCUT2D eigenvalue weighted by atomic mass is 35.5. The number of halogens is 2. The number of hydrogen-bond acceptors (Lipinski definition) is 5. The SMILES string of the molecule is C[C@@H](Sc1nnc(COc2ccccc2Cl)n1C)C(=O)N[C@H](C)c1ccc(F)cc1. The molecule has 0 saturated carbocycles. The van der Waals surface area contributed by atoms with Crippen molar-refractivity contribution in [3.05, 3.63) is 70.8 Å². The second-order valence-electron chi connectivity index (χ2n) is 6.72. The van der Waals surface area contributed by atoms with E-state index in [0.717, 1.165) is 5.56 Å². The second kappa shape index (κ2) is 9.95. The molecule has 0 aliphatic carbocycles. The van der Waals surface area contributed by atoms with Crippen LogP contribution >= 0.6 is 23.4 Å². The Morgan fingerprint density at radius 3 is 2.60 bits per heavy atom. The monoisotopic (exact) mass is 448 g/mol. The molecule has 0 radical (unpaired) electrons. The zero-order valence-corrected chi connectivity index (χ0v) is 18.4. The topological polar surface area (TPSA) is 69.0 Å². The first kappa shape index (κ1) is 22.1. The van der Waals surface area contributed by atoms with E-state index in [4.69, 9.17) is 16.3 Å². The molecule has 0 spiro atoms. The van der Waals surface area contributed by atoms with Crippen molar-refractivity contribution in [2.24, 2.45) is 7.05 Å². The van der Waals surface area contributed by atoms with Gasteiger partial charge in [-0.25, -0.2) is 4.39 Å². The van der Waals surface area contributed by atoms with Gasteiger partial charge in [0.2, 0.25) is 5.91 Å². The number of ether oxygens (including phenoxy) is 1. The summed E-state index contributed by atoms with van der Waals surface area (Å²) in [6, 6.07) is 13.0. The third-order valence-corrected chi connectivity index (χ3v) is 5.94. The largest absolute Gasteiger partial charge is 0.484 e. The number of nitrogens with one attached hydrogen (secondary N) is 1. The van der Waals surface area contributed by atoms with Gasteiger partial charge in [0.1, 0.15) is 18.2 Å². The Kier molecular flexibility index (Phi) is 7.33. The summed E-state index contributed by atoms with van der Waals surface area (Å²) in [4.78, 5) is 12.6. The quantitative estimate of drug-likeness (QED) is 0.512. The molecule has 0 bridgehead atoms. The Morgan fingerprint density at radius 2 is 1.90 bits per heavy atom. The number of aromatic nitrogens is 3. The van der Waals surface area contributed by atoms with Crippen molar-refractivity contribution in [2.45, 2.75) is 36.9 Å². The summed E-state index contributed by atoms with van der Waals surface area (Å²) in [7, 11) is 1.82. The third-order valence-electron chi connectivity index (χ3n) is 4.50. The molecule has 0 aliphatic rings. The van der Waals surface area contributed by atoms with E-state index in [-0.39, 0.29) is 24.4 Å². The normalized spacial score (nSPS) is 13.0. The Morgan fingerprint density at radius 1 is 1.20 bits per heavy atom. The Labute approximate surface area is 183 Å². The molecule has 0 aliphatic heterocycles. The molecule has 1 N–H and O–H groups in total. The molecule has 0 fully saturated rings. The van der Waals surface area contributed by atoms with E-state index >= 15 is 0 Å². The molecule has 3 aromatic rings. The van der Waals surface area contributed by atoms with E-state index in [1.54, 1.807) is 35.8 Å². The van der Waals surface area contributed by atoms with Gasteiger partial charge in [0.05, 0.1) is 16.3 Å². The number of rotatable bonds is 8. The van der Waals surface area contributed by atoms with Crippen LogP contribution in [0.4, 0.5) is 4.39 Å². The number of carbonyl (C=O) groups excluding carboxylic acids is 1. The molecule has 30 heavy (non-hydrogen) atoms. The highest BCUT2D eigenvalue weighted by Gasteiger charge is 2.21. The van der Waals surface area contributed by atoms with Gasteiger partial charge in [0, 0.05) is 7.05 Å². The molecule has 2 atom stereocenters. The molecule has 158 valence electrons. The average molecular weight is 449 g/mol. The summed E-state index contributed by atoms with van der Waals surface area (Å²) >= 11 is 7.40. The van der Waals surface area contributed by atoms with Gasteiger partial charge in [-0.3, -0.25) is 4.79 Å². The van der Waals surface area contributed by atoms with Gasteiger partial charge < -0.3 is 14.6 Å². The standard InChI is InChI=1S/C21H22ClFN4O2S/c1-13(15-8-10-16(23)11-9-15)24-20(28)14(2)30-21-26-25-19(27(21)3)12-29-18-7-5-4-6-17(18)22/h4-11,13-14H,12H2,1-3H3,(H,24,28)/t13-,14-/m1/s1. The Balaban J connectivity index is 1.57. The van der Waals surface area contributed by atoms with Gasteiger partial charge in [0.15, 0.2) is 11.0 Å². The highest BCUT2D eigenvalue weighted by molar-refractivity contribution is 8.00. The van der Waals surface area contributed by atoms with Gasteiger partial charge in [-0.05, 0) is 43.7 Å². The fraction of sp³-hybridized carbons (Fsp3) is 0.286. The first-order valence-electron chi connectivity index (χ1n) is 9.33. The van der Waals surface area contributed by atoms with Crippen LogP contribution in [0, 0.1) is 5.82 Å². The number of thioether (sulfide) groups is 1. The molecule has 1 aromatic heterocycles. The maximum atomic E-state index is 13.1. The van der Waals surface area contributed by atoms with Crippen LogP contribution in [0.15, 0.2) is 53.7 Å². The van der Waals surface area contributed by atoms with Crippen molar-refractivity contribution in [1.29, 1.82) is 0 Å². The van der Waals surface area contributed by atoms with Crippen molar-refractivity contribution in [3.63, 3.8) is 0 Å². The Bertz CT molecular complexity index is 1010. The third kappa shape index (κ3) is 5.52. The summed E-state index contributed by atoms with van der Waals surface area (Å²) in [6.07, 6.45) is 0. The summed E-state index contributed by atoms with van der Waals surface area (Å²) in [5.41, 5.74) is 0.833. The molecule has 0 saturated heterocycles. The first-order valence-corrected chi connectivity index (χ1v) is 10.6. The zero-order chi connectivity index (χ0) is 21.7. The second-order valence-corrected chi connectivity index (χ2v) is 8.43. The molecule has 9 heteroatoms. The number of nitrogens with zero attached hydrogens (tertiary/aromatic N) is 3. The average Bonchev–Trinajstić information content (AvgIpc) is 3.07. The zero-order valence-electron chi connectivity index (χ0n) is 16.8. The molecule has 1 amide bonds. The molecule has 0 unspecified atom stereocenters. The van der Waals surface area contributed by atoms with Crippen LogP contribution in [0.1, 0.15) is 31.3 Å². The van der Waals surface area contributed by atoms with Gasteiger partial charge in [-0.15, -0.1) is 10.2 Å². The number of benzene rings is 2. The van der Waals surface area contributed by atoms with E-state index < -0.39 is 5.25 Å². The molecule has 2 aromatic carbocycles. The molecule has 6 nitrogen and oxygen atoms in total. The van der Waals surface area contributed by atoms with Crippen LogP contribution in [0.5, 0.6) is 5.75 Å². The van der Waals surface area contributed by atoms with Gasteiger partial charge in [-0.2, -0.15) is 0 Å². The summed E-state index contributed by atoms with van der Waals surface area (Å²) in [5, 5.41) is 12.0. The van der Waals surface area contributed by atoms with Crippen LogP contribution in [0.2, 0.25) is 5.02 Å². The summed E-state index contributed by atoms with van der Waals surface area (Å²) in [6.45, 7) is 3.86. The van der Waals surface area contributed by atoms with Crippen molar-refractivity contribution in [3.8, 4) is 5.75 Å². The maximum Gasteiger partial charge on any atom is 0.233 e. The van der Waals surface area contributed by atoms with Crippen molar-refractivity contribution in [1.82, 2.24) is 20.1 Å². The van der Waals surface area contributed by atoms with Gasteiger partial charge in [-0.1, -0.05) is 47.6 Å². The predicted octanol–water partition coefficient (Wildman–Crippen LogP) is 4.54. The van der Waals surface area contributed by atoms with Crippen LogP contribution in [0.3, 0.4) is 0 Å². The minimum absolute atomic E-state index is 0.145. The summed E-state index contributed by atoms with van der Waals surface area (Å²) < 4.78 is 20.6. The minimum Gasteiger partial charge on any atom is -0.484 e. The number of para-hydroxylation sites is 1. The first-order chi connectivity index (χ1) is 14.3. The van der Waals surface area contributed by atoms with Crippen molar-refractivity contribution in [2.75, 3.05) is 0 Å². The van der Waals surface area contributed by atoms with Gasteiger partial charge in [0.25, 0.3) is 0 Å². The maximum absolute atomic E-state index is 13.1. The molecule has 3 rings (SSSR count). The predicted molar refractivity (Wildman–Crippen MR) is 115 cm³/mol. The van der Waals surface area contributed by atoms with Crippen LogP contribution < -0.4 is 10.1 Å². The van der Waals surface area contributed by atoms with E-state index in [9.17, 15) is 9.18 Å². The number of hydrogen-bond donors (Lipinski definition) is 1. The van der Waals surface area contributed by atoms with E-state index in [1.165, 1.54) is 23.9 Å². The highest BCUT2D eigenvalue weighted by Crippen LogP contribution is 2.26. The van der Waals surface area contributed by atoms with Crippen LogP contribution in [-0.2, 0) is 18.4 Å². The van der Waals surface area contributed by atoms with Crippen LogP contribution in [-0.4, -0.2) is 25.9 Å². The van der Waals surface area contributed by atoms with Crippen LogP contribution in [0.25, 0.3) is 0 Å². The Hall–Kier alpha value is -2.58. The van der Waals surface area contributed by atoms with E-state index in [0.29, 0.717) is 21.8 Å². The lowest BCUT2D eigenvalue weighted by atomic mass is 10.1. The number of amides is 1. The fourth-order valence-electron chi connectivity index (χ4n) is 2.65. The molecular weight excluding hydrogens is 427 g/mol. The van der Waals surface area contributed by atoms with Crippen molar-refractivity contribution < 1.29 is 13.9 Å². The lowest BCUT2D eigenvalue weighted by Gasteiger charge is -2.17.